The van der Waals surface area contributed by atoms with Crippen LogP contribution in [0.25, 0.3) is 0 Å². The van der Waals surface area contributed by atoms with Gasteiger partial charge in [-0.15, -0.1) is 0 Å². The number of hydrogen-bond donors (Lipinski definition) is 1. The van der Waals surface area contributed by atoms with Gasteiger partial charge in [0.2, 0.25) is 15.9 Å². The van der Waals surface area contributed by atoms with Gasteiger partial charge in [-0.1, -0.05) is 6.42 Å². The number of carbonyl (C=O) groups excluding carboxylic acids is 1. The fourth-order valence-electron chi connectivity index (χ4n) is 3.68. The highest BCUT2D eigenvalue weighted by Gasteiger charge is 2.36. The Balaban J connectivity index is 1.68. The zero-order valence-electron chi connectivity index (χ0n) is 14.3. The molecule has 0 spiro atoms. The van der Waals surface area contributed by atoms with E-state index in [0.29, 0.717) is 25.3 Å². The van der Waals surface area contributed by atoms with Crippen LogP contribution in [0, 0.1) is 11.8 Å². The standard InChI is InChI=1S/C16H26N4O3S/c1-19-10-14(8-17-19)16-13(6-7-15(21)20(16)2)9-18-24(22,23)11-12-4-3-5-12/h8,10,12-13,16,18H,3-7,9,11H2,1-2H3/t13-,16+/m1/s1. The van der Waals surface area contributed by atoms with Crippen LogP contribution in [0.4, 0.5) is 0 Å². The van der Waals surface area contributed by atoms with Gasteiger partial charge in [0.25, 0.3) is 0 Å². The number of likely N-dealkylation sites (tertiary alicyclic amines) is 1. The summed E-state index contributed by atoms with van der Waals surface area (Å²) in [5, 5.41) is 4.19. The van der Waals surface area contributed by atoms with Gasteiger partial charge < -0.3 is 4.90 Å². The largest absolute Gasteiger partial charge is 0.338 e. The molecule has 1 aliphatic carbocycles. The van der Waals surface area contributed by atoms with Gasteiger partial charge in [0.1, 0.15) is 0 Å². The molecule has 1 aromatic rings. The van der Waals surface area contributed by atoms with Crippen molar-refractivity contribution < 1.29 is 13.2 Å². The molecule has 0 radical (unpaired) electrons. The van der Waals surface area contributed by atoms with Gasteiger partial charge >= 0.3 is 0 Å². The molecule has 2 aliphatic rings. The highest BCUT2D eigenvalue weighted by Crippen LogP contribution is 2.35. The molecule has 134 valence electrons. The summed E-state index contributed by atoms with van der Waals surface area (Å²) < 4.78 is 29.0. The third-order valence-corrected chi connectivity index (χ3v) is 6.81. The SMILES string of the molecule is CN1C(=O)CC[C@H](CNS(=O)(=O)CC2CCC2)[C@H]1c1cnn(C)c1. The van der Waals surface area contributed by atoms with E-state index in [-0.39, 0.29) is 23.6 Å². The summed E-state index contributed by atoms with van der Waals surface area (Å²) in [6, 6.07) is -0.133. The van der Waals surface area contributed by atoms with Crippen molar-refractivity contribution in [2.24, 2.45) is 18.9 Å². The molecule has 2 atom stereocenters. The maximum Gasteiger partial charge on any atom is 0.222 e. The van der Waals surface area contributed by atoms with Gasteiger partial charge in [-0.2, -0.15) is 5.10 Å². The summed E-state index contributed by atoms with van der Waals surface area (Å²) in [5.74, 6) is 0.698. The van der Waals surface area contributed by atoms with E-state index >= 15 is 0 Å². The minimum Gasteiger partial charge on any atom is -0.338 e. The summed E-state index contributed by atoms with van der Waals surface area (Å²) in [6.07, 6.45) is 7.97. The monoisotopic (exact) mass is 354 g/mol. The van der Waals surface area contributed by atoms with Gasteiger partial charge in [0, 0.05) is 38.8 Å². The Kier molecular flexibility index (Phi) is 4.96. The summed E-state index contributed by atoms with van der Waals surface area (Å²) in [6.45, 7) is 0.367. The van der Waals surface area contributed by atoms with Crippen molar-refractivity contribution in [3.63, 3.8) is 0 Å². The Morgan fingerprint density at radius 1 is 1.29 bits per heavy atom. The van der Waals surface area contributed by atoms with Gasteiger partial charge in [0.15, 0.2) is 0 Å². The molecule has 3 rings (SSSR count). The van der Waals surface area contributed by atoms with Gasteiger partial charge in [-0.3, -0.25) is 9.48 Å². The summed E-state index contributed by atoms with van der Waals surface area (Å²) >= 11 is 0. The van der Waals surface area contributed by atoms with Crippen LogP contribution < -0.4 is 4.72 Å². The smallest absolute Gasteiger partial charge is 0.222 e. The third kappa shape index (κ3) is 3.80. The number of nitrogens with one attached hydrogen (secondary N) is 1. The molecular formula is C16H26N4O3S. The van der Waals surface area contributed by atoms with Crippen molar-refractivity contribution in [1.29, 1.82) is 0 Å². The number of aromatic nitrogens is 2. The number of amides is 1. The van der Waals surface area contributed by atoms with Gasteiger partial charge in [0.05, 0.1) is 18.0 Å². The second-order valence-corrected chi connectivity index (χ2v) is 8.97. The number of rotatable bonds is 6. The van der Waals surface area contributed by atoms with Crippen molar-refractivity contribution in [2.45, 2.75) is 38.1 Å². The first-order chi connectivity index (χ1) is 11.4. The second kappa shape index (κ2) is 6.84. The Morgan fingerprint density at radius 3 is 2.62 bits per heavy atom. The molecule has 1 saturated carbocycles. The molecule has 8 heteroatoms. The lowest BCUT2D eigenvalue weighted by molar-refractivity contribution is -0.136. The lowest BCUT2D eigenvalue weighted by atomic mass is 9.86. The molecule has 7 nitrogen and oxygen atoms in total. The van der Waals surface area contributed by atoms with E-state index in [1.54, 1.807) is 22.8 Å². The molecular weight excluding hydrogens is 328 g/mol. The predicted molar refractivity (Wildman–Crippen MR) is 90.6 cm³/mol. The normalized spacial score (nSPS) is 25.8. The van der Waals surface area contributed by atoms with Crippen LogP contribution in [-0.2, 0) is 21.9 Å². The van der Waals surface area contributed by atoms with Crippen molar-refractivity contribution >= 4 is 15.9 Å². The van der Waals surface area contributed by atoms with Crippen LogP contribution in [0.3, 0.4) is 0 Å². The molecule has 1 saturated heterocycles. The number of hydrogen-bond acceptors (Lipinski definition) is 4. The van der Waals surface area contributed by atoms with Crippen LogP contribution in [0.2, 0.25) is 0 Å². The minimum absolute atomic E-state index is 0.0630. The van der Waals surface area contributed by atoms with Gasteiger partial charge in [-0.25, -0.2) is 13.1 Å². The van der Waals surface area contributed by atoms with E-state index in [4.69, 9.17) is 0 Å². The zero-order valence-corrected chi connectivity index (χ0v) is 15.1. The topological polar surface area (TPSA) is 84.3 Å². The maximum absolute atomic E-state index is 12.3. The lowest BCUT2D eigenvalue weighted by Crippen LogP contribution is -2.45. The molecule has 1 N–H and O–H groups in total. The molecule has 24 heavy (non-hydrogen) atoms. The number of nitrogens with zero attached hydrogens (tertiary/aromatic N) is 3. The van der Waals surface area contributed by atoms with E-state index in [1.807, 2.05) is 13.2 Å². The molecule has 0 unspecified atom stereocenters. The third-order valence-electron chi connectivity index (χ3n) is 5.30. The summed E-state index contributed by atoms with van der Waals surface area (Å²) in [7, 11) is 0.378. The summed E-state index contributed by atoms with van der Waals surface area (Å²) in [5.41, 5.74) is 0.955. The van der Waals surface area contributed by atoms with Crippen LogP contribution in [0.15, 0.2) is 12.4 Å². The number of sulfonamides is 1. The van der Waals surface area contributed by atoms with Crippen LogP contribution >= 0.6 is 0 Å². The molecule has 1 aromatic heterocycles. The Bertz CT molecular complexity index is 696. The van der Waals surface area contributed by atoms with E-state index in [1.165, 1.54) is 0 Å². The lowest BCUT2D eigenvalue weighted by Gasteiger charge is -2.38. The molecule has 1 amide bonds. The van der Waals surface area contributed by atoms with Crippen LogP contribution in [-0.4, -0.2) is 48.4 Å². The Morgan fingerprint density at radius 2 is 2.04 bits per heavy atom. The van der Waals surface area contributed by atoms with E-state index < -0.39 is 10.0 Å². The van der Waals surface area contributed by atoms with Crippen molar-refractivity contribution in [3.8, 4) is 0 Å². The molecule has 0 aromatic carbocycles. The second-order valence-electron chi connectivity index (χ2n) is 7.12. The average molecular weight is 354 g/mol. The summed E-state index contributed by atoms with van der Waals surface area (Å²) in [4.78, 5) is 13.8. The van der Waals surface area contributed by atoms with Crippen LogP contribution in [0.5, 0.6) is 0 Å². The fourth-order valence-corrected chi connectivity index (χ4v) is 5.22. The highest BCUT2D eigenvalue weighted by molar-refractivity contribution is 7.89. The average Bonchev–Trinajstić information content (AvgIpc) is 2.90. The molecule has 0 bridgehead atoms. The first kappa shape index (κ1) is 17.4. The number of aryl methyl sites for hydroxylation is 1. The van der Waals surface area contributed by atoms with Crippen molar-refractivity contribution in [3.05, 3.63) is 18.0 Å². The Hall–Kier alpha value is -1.41. The van der Waals surface area contributed by atoms with E-state index in [2.05, 4.69) is 9.82 Å². The predicted octanol–water partition coefficient (Wildman–Crippen LogP) is 1.05. The minimum atomic E-state index is -3.25. The zero-order chi connectivity index (χ0) is 17.3. The van der Waals surface area contributed by atoms with Crippen molar-refractivity contribution in [1.82, 2.24) is 19.4 Å². The maximum atomic E-state index is 12.3. The Labute approximate surface area is 143 Å². The first-order valence-corrected chi connectivity index (χ1v) is 10.2. The van der Waals surface area contributed by atoms with E-state index in [9.17, 15) is 13.2 Å². The van der Waals surface area contributed by atoms with E-state index in [0.717, 1.165) is 24.8 Å². The first-order valence-electron chi connectivity index (χ1n) is 8.57. The highest BCUT2D eigenvalue weighted by atomic mass is 32.2. The molecule has 2 fully saturated rings. The quantitative estimate of drug-likeness (QED) is 0.827. The number of piperidine rings is 1. The molecule has 2 heterocycles. The van der Waals surface area contributed by atoms with Gasteiger partial charge in [-0.05, 0) is 31.1 Å². The van der Waals surface area contributed by atoms with Crippen LogP contribution in [0.1, 0.15) is 43.7 Å². The molecule has 1 aliphatic heterocycles. The van der Waals surface area contributed by atoms with Crippen molar-refractivity contribution in [2.75, 3.05) is 19.3 Å². The fraction of sp³-hybridized carbons (Fsp3) is 0.750. The number of carbonyl (C=O) groups is 1.